The maximum absolute atomic E-state index is 11.9. The Bertz CT molecular complexity index is 278. The molecule has 1 atom stereocenters. The van der Waals surface area contributed by atoms with Crippen LogP contribution in [0.3, 0.4) is 0 Å². The molecule has 0 aliphatic heterocycles. The smallest absolute Gasteiger partial charge is 0.447 e. The number of hydrogen-bond acceptors (Lipinski definition) is 1. The van der Waals surface area contributed by atoms with Gasteiger partial charge in [0, 0.05) is 6.51 Å². The van der Waals surface area contributed by atoms with Gasteiger partial charge < -0.3 is 17.7 Å². The molecule has 1 rings (SSSR count). The van der Waals surface area contributed by atoms with Crippen LogP contribution in [0.15, 0.2) is 30.3 Å². The van der Waals surface area contributed by atoms with Crippen molar-refractivity contribution in [1.82, 2.24) is 0 Å². The molecule has 0 aliphatic carbocycles. The summed E-state index contributed by atoms with van der Waals surface area (Å²) in [5, 5.41) is 0. The van der Waals surface area contributed by atoms with E-state index < -0.39 is 19.6 Å². The molecule has 0 heterocycles. The number of ether oxygens (including phenoxy) is 1. The molecule has 1 aromatic rings. The van der Waals surface area contributed by atoms with Crippen LogP contribution in [0.1, 0.15) is 18.6 Å². The van der Waals surface area contributed by atoms with Gasteiger partial charge in [0.05, 0.1) is 6.10 Å². The van der Waals surface area contributed by atoms with Crippen molar-refractivity contribution >= 4 is 6.98 Å². The van der Waals surface area contributed by atoms with Gasteiger partial charge in [-0.3, -0.25) is 0 Å². The summed E-state index contributed by atoms with van der Waals surface area (Å²) in [6.45, 7) is -4.39. The Morgan fingerprint density at radius 1 is 1.20 bits per heavy atom. The van der Waals surface area contributed by atoms with E-state index in [2.05, 4.69) is 0 Å². The van der Waals surface area contributed by atoms with Crippen LogP contribution in [0, 0.1) is 0 Å². The third kappa shape index (κ3) is 6.76. The first-order chi connectivity index (χ1) is 6.49. The minimum absolute atomic E-state index is 0. The number of rotatable bonds is 4. The second-order valence-electron chi connectivity index (χ2n) is 3.10. The summed E-state index contributed by atoms with van der Waals surface area (Å²) in [6.07, 6.45) is -0.514. The van der Waals surface area contributed by atoms with E-state index in [1.165, 1.54) is 0 Å². The van der Waals surface area contributed by atoms with Crippen LogP contribution in [-0.4, -0.2) is 13.5 Å². The van der Waals surface area contributed by atoms with E-state index in [0.717, 1.165) is 5.56 Å². The van der Waals surface area contributed by atoms with Crippen molar-refractivity contribution in [3.8, 4) is 0 Å². The van der Waals surface area contributed by atoms with Crippen LogP contribution in [0.25, 0.3) is 0 Å². The summed E-state index contributed by atoms with van der Waals surface area (Å²) >= 11 is 0. The number of hydrogen-bond donors (Lipinski definition) is 0. The molecular weight excluding hydrogens is 231 g/mol. The molecule has 78 valence electrons. The third-order valence-corrected chi connectivity index (χ3v) is 1.80. The minimum atomic E-state index is -4.85. The maximum atomic E-state index is 11.9. The Hall–Kier alpha value is 0.671. The van der Waals surface area contributed by atoms with Crippen molar-refractivity contribution in [2.75, 3.05) is 6.51 Å². The standard InChI is InChI=1S/C9H11BF3O.K/c1-8(14-7-10(11,12)13)9-5-3-2-4-6-9;/h2-6,8H,7H2,1H3;/q-1;+1. The summed E-state index contributed by atoms with van der Waals surface area (Å²) in [6, 6.07) is 8.84. The van der Waals surface area contributed by atoms with Gasteiger partial charge in [0.25, 0.3) is 0 Å². The monoisotopic (exact) mass is 242 g/mol. The molecule has 0 aliphatic rings. The second kappa shape index (κ2) is 7.09. The van der Waals surface area contributed by atoms with Gasteiger partial charge in [-0.15, -0.1) is 0 Å². The zero-order valence-corrected chi connectivity index (χ0v) is 11.9. The van der Waals surface area contributed by atoms with Gasteiger partial charge in [-0.05, 0) is 12.5 Å². The molecular formula is C9H11BF3KO. The molecule has 0 fully saturated rings. The molecule has 1 unspecified atom stereocenters. The van der Waals surface area contributed by atoms with E-state index in [9.17, 15) is 12.9 Å². The fraction of sp³-hybridized carbons (Fsp3) is 0.333. The molecule has 0 N–H and O–H groups in total. The summed E-state index contributed by atoms with van der Waals surface area (Å²) in [4.78, 5) is 0. The van der Waals surface area contributed by atoms with E-state index in [0.29, 0.717) is 0 Å². The third-order valence-electron chi connectivity index (χ3n) is 1.80. The average Bonchev–Trinajstić information content (AvgIpc) is 2.14. The van der Waals surface area contributed by atoms with Crippen LogP contribution >= 0.6 is 0 Å². The van der Waals surface area contributed by atoms with E-state index >= 15 is 0 Å². The average molecular weight is 242 g/mol. The summed E-state index contributed by atoms with van der Waals surface area (Å²) in [5.41, 5.74) is 0.757. The van der Waals surface area contributed by atoms with Gasteiger partial charge in [0.1, 0.15) is 0 Å². The molecule has 0 bridgehead atoms. The van der Waals surface area contributed by atoms with Crippen molar-refractivity contribution < 1.29 is 69.1 Å². The van der Waals surface area contributed by atoms with Crippen LogP contribution in [0.4, 0.5) is 12.9 Å². The zero-order valence-electron chi connectivity index (χ0n) is 8.79. The molecule has 0 saturated heterocycles. The molecule has 1 nitrogen and oxygen atoms in total. The van der Waals surface area contributed by atoms with E-state index in [1.54, 1.807) is 31.2 Å². The van der Waals surface area contributed by atoms with Crippen LogP contribution in [0.5, 0.6) is 0 Å². The van der Waals surface area contributed by atoms with Crippen molar-refractivity contribution in [2.45, 2.75) is 13.0 Å². The quantitative estimate of drug-likeness (QED) is 0.683. The van der Waals surface area contributed by atoms with Crippen molar-refractivity contribution in [1.29, 1.82) is 0 Å². The van der Waals surface area contributed by atoms with Crippen molar-refractivity contribution in [3.63, 3.8) is 0 Å². The number of halogens is 3. The first-order valence-corrected chi connectivity index (χ1v) is 4.36. The van der Waals surface area contributed by atoms with Gasteiger partial charge in [-0.2, -0.15) is 0 Å². The largest absolute Gasteiger partial charge is 1.00 e. The first kappa shape index (κ1) is 15.7. The second-order valence-corrected chi connectivity index (χ2v) is 3.10. The molecule has 6 heteroatoms. The van der Waals surface area contributed by atoms with Crippen LogP contribution in [-0.2, 0) is 4.74 Å². The van der Waals surface area contributed by atoms with Crippen molar-refractivity contribution in [3.05, 3.63) is 35.9 Å². The van der Waals surface area contributed by atoms with E-state index in [-0.39, 0.29) is 51.4 Å². The maximum Gasteiger partial charge on any atom is 1.00 e. The molecule has 0 spiro atoms. The Morgan fingerprint density at radius 3 is 2.20 bits per heavy atom. The first-order valence-electron chi connectivity index (χ1n) is 4.36. The van der Waals surface area contributed by atoms with E-state index in [1.807, 2.05) is 6.07 Å². The van der Waals surface area contributed by atoms with Crippen LogP contribution < -0.4 is 51.4 Å². The normalized spacial score (nSPS) is 13.1. The zero-order chi connectivity index (χ0) is 10.6. The molecule has 1 aromatic carbocycles. The van der Waals surface area contributed by atoms with E-state index in [4.69, 9.17) is 4.74 Å². The Balaban J connectivity index is 0.00000196. The molecule has 0 saturated carbocycles. The van der Waals surface area contributed by atoms with Crippen LogP contribution in [0.2, 0.25) is 0 Å². The topological polar surface area (TPSA) is 9.23 Å². The molecule has 0 aromatic heterocycles. The fourth-order valence-corrected chi connectivity index (χ4v) is 1.07. The predicted octanol–water partition coefficient (Wildman–Crippen LogP) is 0.155. The Morgan fingerprint density at radius 2 is 1.73 bits per heavy atom. The SMILES string of the molecule is CC(OC[B-](F)(F)F)c1ccccc1.[K+]. The minimum Gasteiger partial charge on any atom is -0.447 e. The molecule has 0 amide bonds. The fourth-order valence-electron chi connectivity index (χ4n) is 1.07. The van der Waals surface area contributed by atoms with Gasteiger partial charge in [-0.25, -0.2) is 0 Å². The Labute approximate surface area is 130 Å². The van der Waals surface area contributed by atoms with Crippen molar-refractivity contribution in [2.24, 2.45) is 0 Å². The summed E-state index contributed by atoms with van der Waals surface area (Å²) in [5.74, 6) is 0. The van der Waals surface area contributed by atoms with Gasteiger partial charge >= 0.3 is 58.4 Å². The summed E-state index contributed by atoms with van der Waals surface area (Å²) in [7, 11) is 0. The summed E-state index contributed by atoms with van der Waals surface area (Å²) < 4.78 is 40.3. The molecule has 15 heavy (non-hydrogen) atoms. The predicted molar refractivity (Wildman–Crippen MR) is 49.9 cm³/mol. The molecule has 0 radical (unpaired) electrons. The van der Waals surface area contributed by atoms with Gasteiger partial charge in [-0.1, -0.05) is 30.3 Å². The van der Waals surface area contributed by atoms with Gasteiger partial charge in [0.15, 0.2) is 0 Å². The Kier molecular flexibility index (Phi) is 7.40. The van der Waals surface area contributed by atoms with Gasteiger partial charge in [0.2, 0.25) is 0 Å². The number of benzene rings is 1.